The molecule has 0 saturated heterocycles. The van der Waals surface area contributed by atoms with Gasteiger partial charge in [0, 0.05) is 28.4 Å². The van der Waals surface area contributed by atoms with E-state index in [-0.39, 0.29) is 11.7 Å². The van der Waals surface area contributed by atoms with Crippen LogP contribution < -0.4 is 5.32 Å². The number of rotatable bonds is 10. The van der Waals surface area contributed by atoms with Crippen LogP contribution in [0.25, 0.3) is 11.4 Å². The number of amides is 1. The van der Waals surface area contributed by atoms with Crippen molar-refractivity contribution in [1.82, 2.24) is 9.55 Å². The van der Waals surface area contributed by atoms with Gasteiger partial charge in [-0.3, -0.25) is 9.59 Å². The first-order chi connectivity index (χ1) is 16.9. The van der Waals surface area contributed by atoms with Crippen molar-refractivity contribution in [3.8, 4) is 11.4 Å². The highest BCUT2D eigenvalue weighted by molar-refractivity contribution is 8.01. The van der Waals surface area contributed by atoms with E-state index >= 15 is 0 Å². The minimum absolute atomic E-state index is 0.323. The standard InChI is InChI=1S/C28H34FN3O3S/c1-17(2)8-7-15-32-19(4)24(26(33)30-23-14-11-21(29)16-18(23)3)31-25(32)20-9-12-22(13-10-20)36-28(5,6)27(34)35/h9-14,16-17H,7-8,15H2,1-6H3,(H,30,33)(H,34,35). The summed E-state index contributed by atoms with van der Waals surface area (Å²) in [6, 6.07) is 11.8. The third-order valence-electron chi connectivity index (χ3n) is 6.04. The molecule has 1 amide bonds. The molecule has 2 aromatic carbocycles. The number of halogens is 1. The van der Waals surface area contributed by atoms with E-state index in [0.29, 0.717) is 28.7 Å². The molecule has 3 aromatic rings. The van der Waals surface area contributed by atoms with Crippen molar-refractivity contribution in [1.29, 1.82) is 0 Å². The topological polar surface area (TPSA) is 84.2 Å². The first-order valence-electron chi connectivity index (χ1n) is 12.1. The first-order valence-corrected chi connectivity index (χ1v) is 12.9. The van der Waals surface area contributed by atoms with E-state index in [9.17, 15) is 19.1 Å². The van der Waals surface area contributed by atoms with E-state index in [0.717, 1.165) is 35.5 Å². The monoisotopic (exact) mass is 511 g/mol. The number of carbonyl (C=O) groups excluding carboxylic acids is 1. The Morgan fingerprint density at radius 1 is 1.14 bits per heavy atom. The first kappa shape index (κ1) is 27.5. The van der Waals surface area contributed by atoms with Crippen LogP contribution in [0.4, 0.5) is 10.1 Å². The quantitative estimate of drug-likeness (QED) is 0.288. The predicted octanol–water partition coefficient (Wildman–Crippen LogP) is 6.95. The van der Waals surface area contributed by atoms with E-state index in [1.54, 1.807) is 26.8 Å². The Balaban J connectivity index is 1.94. The van der Waals surface area contributed by atoms with Gasteiger partial charge in [0.15, 0.2) is 0 Å². The number of aliphatic carboxylic acids is 1. The molecule has 0 saturated carbocycles. The summed E-state index contributed by atoms with van der Waals surface area (Å²) in [4.78, 5) is 30.2. The fourth-order valence-corrected chi connectivity index (χ4v) is 4.81. The third-order valence-corrected chi connectivity index (χ3v) is 7.23. The molecular weight excluding hydrogens is 477 g/mol. The molecule has 0 aliphatic carbocycles. The van der Waals surface area contributed by atoms with Gasteiger partial charge in [0.2, 0.25) is 0 Å². The largest absolute Gasteiger partial charge is 0.480 e. The van der Waals surface area contributed by atoms with Gasteiger partial charge in [-0.05, 0) is 82.3 Å². The van der Waals surface area contributed by atoms with Crippen molar-refractivity contribution in [3.63, 3.8) is 0 Å². The molecule has 2 N–H and O–H groups in total. The summed E-state index contributed by atoms with van der Waals surface area (Å²) in [5, 5.41) is 12.3. The number of carboxylic acids is 1. The van der Waals surface area contributed by atoms with E-state index in [1.807, 2.05) is 31.2 Å². The lowest BCUT2D eigenvalue weighted by Gasteiger charge is -2.18. The molecule has 3 rings (SSSR count). The number of hydrogen-bond acceptors (Lipinski definition) is 4. The molecule has 0 unspecified atom stereocenters. The Kier molecular flexibility index (Phi) is 8.61. The molecule has 36 heavy (non-hydrogen) atoms. The fourth-order valence-electron chi connectivity index (χ4n) is 3.86. The third kappa shape index (κ3) is 6.55. The highest BCUT2D eigenvalue weighted by Crippen LogP contribution is 2.34. The second kappa shape index (κ2) is 11.3. The van der Waals surface area contributed by atoms with Gasteiger partial charge in [0.05, 0.1) is 0 Å². The number of anilines is 1. The van der Waals surface area contributed by atoms with E-state index < -0.39 is 10.7 Å². The zero-order chi connectivity index (χ0) is 26.6. The van der Waals surface area contributed by atoms with Crippen LogP contribution in [0, 0.1) is 25.6 Å². The van der Waals surface area contributed by atoms with Crippen molar-refractivity contribution < 1.29 is 19.1 Å². The molecule has 1 heterocycles. The van der Waals surface area contributed by atoms with Gasteiger partial charge in [-0.25, -0.2) is 9.37 Å². The molecule has 0 radical (unpaired) electrons. The Morgan fingerprint density at radius 3 is 2.39 bits per heavy atom. The lowest BCUT2D eigenvalue weighted by Crippen LogP contribution is -2.26. The van der Waals surface area contributed by atoms with Gasteiger partial charge in [0.25, 0.3) is 5.91 Å². The molecule has 8 heteroatoms. The highest BCUT2D eigenvalue weighted by atomic mass is 32.2. The Morgan fingerprint density at radius 2 is 1.81 bits per heavy atom. The average molecular weight is 512 g/mol. The van der Waals surface area contributed by atoms with E-state index in [4.69, 9.17) is 4.98 Å². The van der Waals surface area contributed by atoms with Crippen LogP contribution in [0.5, 0.6) is 0 Å². The maximum Gasteiger partial charge on any atom is 0.319 e. The van der Waals surface area contributed by atoms with Crippen molar-refractivity contribution in [2.45, 2.75) is 70.6 Å². The maximum atomic E-state index is 13.5. The summed E-state index contributed by atoms with van der Waals surface area (Å²) in [5.74, 6) is -0.324. The molecule has 0 aliphatic heterocycles. The molecule has 0 bridgehead atoms. The van der Waals surface area contributed by atoms with E-state index in [2.05, 4.69) is 23.7 Å². The SMILES string of the molecule is Cc1cc(F)ccc1NC(=O)c1nc(-c2ccc(SC(C)(C)C(=O)O)cc2)n(CCCC(C)C)c1C. The van der Waals surface area contributed by atoms with Crippen molar-refractivity contribution in [3.05, 3.63) is 65.2 Å². The molecule has 1 aromatic heterocycles. The van der Waals surface area contributed by atoms with E-state index in [1.165, 1.54) is 23.9 Å². The summed E-state index contributed by atoms with van der Waals surface area (Å²) < 4.78 is 14.6. The Hall–Kier alpha value is -3.13. The molecule has 0 aliphatic rings. The zero-order valence-corrected chi connectivity index (χ0v) is 22.5. The van der Waals surface area contributed by atoms with Crippen LogP contribution in [0.3, 0.4) is 0 Å². The second-order valence-electron chi connectivity index (χ2n) is 9.91. The van der Waals surface area contributed by atoms with Gasteiger partial charge in [-0.1, -0.05) is 26.0 Å². The minimum atomic E-state index is -0.947. The summed E-state index contributed by atoms with van der Waals surface area (Å²) in [6.07, 6.45) is 1.99. The molecule has 6 nitrogen and oxygen atoms in total. The number of aryl methyl sites for hydroxylation is 1. The molecule has 192 valence electrons. The molecule has 0 fully saturated rings. The number of carboxylic acid groups (broad SMARTS) is 1. The zero-order valence-electron chi connectivity index (χ0n) is 21.7. The number of carbonyl (C=O) groups is 2. The number of nitrogens with one attached hydrogen (secondary N) is 1. The summed E-state index contributed by atoms with van der Waals surface area (Å²) >= 11 is 1.28. The number of benzene rings is 2. The maximum absolute atomic E-state index is 13.5. The van der Waals surface area contributed by atoms with Crippen molar-refractivity contribution in [2.24, 2.45) is 5.92 Å². The van der Waals surface area contributed by atoms with Crippen LogP contribution in [0.2, 0.25) is 0 Å². The van der Waals surface area contributed by atoms with Crippen molar-refractivity contribution in [2.75, 3.05) is 5.32 Å². The van der Waals surface area contributed by atoms with Crippen molar-refractivity contribution >= 4 is 29.3 Å². The Labute approximate surface area is 216 Å². The van der Waals surface area contributed by atoms with Crippen LogP contribution in [-0.2, 0) is 11.3 Å². The second-order valence-corrected chi connectivity index (χ2v) is 11.6. The average Bonchev–Trinajstić information content (AvgIpc) is 3.12. The number of hydrogen-bond donors (Lipinski definition) is 2. The number of nitrogens with zero attached hydrogens (tertiary/aromatic N) is 2. The van der Waals surface area contributed by atoms with Gasteiger partial charge in [0.1, 0.15) is 22.1 Å². The summed E-state index contributed by atoms with van der Waals surface area (Å²) in [6.45, 7) is 12.1. The number of aromatic nitrogens is 2. The summed E-state index contributed by atoms with van der Waals surface area (Å²) in [7, 11) is 0. The molecule has 0 spiro atoms. The number of thioether (sulfide) groups is 1. The van der Waals surface area contributed by atoms with Crippen LogP contribution in [0.15, 0.2) is 47.4 Å². The van der Waals surface area contributed by atoms with Gasteiger partial charge < -0.3 is 15.0 Å². The fraction of sp³-hybridized carbons (Fsp3) is 0.393. The summed E-state index contributed by atoms with van der Waals surface area (Å²) in [5.41, 5.74) is 3.10. The minimum Gasteiger partial charge on any atom is -0.480 e. The van der Waals surface area contributed by atoms with Crippen LogP contribution in [-0.4, -0.2) is 31.3 Å². The highest BCUT2D eigenvalue weighted by Gasteiger charge is 2.28. The number of imidazole rings is 1. The van der Waals surface area contributed by atoms with Gasteiger partial charge in [-0.2, -0.15) is 0 Å². The lowest BCUT2D eigenvalue weighted by atomic mass is 10.1. The van der Waals surface area contributed by atoms with Gasteiger partial charge >= 0.3 is 5.97 Å². The normalized spacial score (nSPS) is 11.7. The molecule has 0 atom stereocenters. The predicted molar refractivity (Wildman–Crippen MR) is 143 cm³/mol. The molecular formula is C28H34FN3O3S. The van der Waals surface area contributed by atoms with Gasteiger partial charge in [-0.15, -0.1) is 11.8 Å². The van der Waals surface area contributed by atoms with Crippen LogP contribution in [0.1, 0.15) is 62.3 Å². The van der Waals surface area contributed by atoms with Crippen LogP contribution >= 0.6 is 11.8 Å². The Bertz CT molecular complexity index is 1250. The lowest BCUT2D eigenvalue weighted by molar-refractivity contribution is -0.138. The smallest absolute Gasteiger partial charge is 0.319 e.